The van der Waals surface area contributed by atoms with Crippen molar-refractivity contribution < 1.29 is 8.78 Å². The van der Waals surface area contributed by atoms with Crippen LogP contribution in [-0.4, -0.2) is 0 Å². The number of nitrogens with two attached hydrogens (primary N) is 1. The number of alkyl halides is 2. The normalized spacial score (nSPS) is 25.8. The summed E-state index contributed by atoms with van der Waals surface area (Å²) < 4.78 is 28.0. The van der Waals surface area contributed by atoms with Crippen LogP contribution in [0.2, 0.25) is 0 Å². The van der Waals surface area contributed by atoms with Gasteiger partial charge in [-0.3, -0.25) is 0 Å². The Hall–Kier alpha value is -1.15. The van der Waals surface area contributed by atoms with E-state index in [1.807, 2.05) is 26.8 Å². The first-order valence-corrected chi connectivity index (χ1v) is 6.77. The van der Waals surface area contributed by atoms with Gasteiger partial charge in [0.2, 0.25) is 0 Å². The summed E-state index contributed by atoms with van der Waals surface area (Å²) in [5.74, 6) is -2.66. The Bertz CT molecular complexity index is 528. The molecule has 18 heavy (non-hydrogen) atoms. The monoisotopic (exact) mass is 270 g/mol. The van der Waals surface area contributed by atoms with Crippen LogP contribution < -0.4 is 5.73 Å². The van der Waals surface area contributed by atoms with Crippen LogP contribution in [0.3, 0.4) is 0 Å². The smallest absolute Gasteiger partial charge is 0.282 e. The second-order valence-corrected chi connectivity index (χ2v) is 6.49. The third-order valence-electron chi connectivity index (χ3n) is 4.18. The number of fused-ring (bicyclic) bond motifs is 1. The van der Waals surface area contributed by atoms with Crippen LogP contribution in [-0.2, 0) is 11.3 Å². The Morgan fingerprint density at radius 3 is 2.50 bits per heavy atom. The van der Waals surface area contributed by atoms with Gasteiger partial charge >= 0.3 is 0 Å². The Morgan fingerprint density at radius 1 is 1.39 bits per heavy atom. The molecule has 1 heterocycles. The summed E-state index contributed by atoms with van der Waals surface area (Å²) in [7, 11) is 0. The SMILES string of the molecule is CC(C)C1(C)CCC(F)(F)c2sc(N)c(C#N)c21. The molecule has 0 amide bonds. The first-order valence-electron chi connectivity index (χ1n) is 5.95. The maximum atomic E-state index is 14.0. The molecule has 98 valence electrons. The van der Waals surface area contributed by atoms with E-state index in [2.05, 4.69) is 0 Å². The summed E-state index contributed by atoms with van der Waals surface area (Å²) in [6.45, 7) is 5.96. The molecule has 1 unspecified atom stereocenters. The van der Waals surface area contributed by atoms with Gasteiger partial charge in [-0.2, -0.15) is 5.26 Å². The fraction of sp³-hybridized carbons (Fsp3) is 0.615. The molecule has 1 atom stereocenters. The molecule has 1 aromatic rings. The van der Waals surface area contributed by atoms with E-state index in [1.165, 1.54) is 0 Å². The van der Waals surface area contributed by atoms with Crippen LogP contribution in [0.4, 0.5) is 13.8 Å². The topological polar surface area (TPSA) is 49.8 Å². The third-order valence-corrected chi connectivity index (χ3v) is 5.31. The van der Waals surface area contributed by atoms with Crippen LogP contribution in [0, 0.1) is 17.2 Å². The summed E-state index contributed by atoms with van der Waals surface area (Å²) in [5.41, 5.74) is 6.08. The van der Waals surface area contributed by atoms with Crippen LogP contribution in [0.5, 0.6) is 0 Å². The molecule has 0 saturated carbocycles. The number of rotatable bonds is 1. The second-order valence-electron chi connectivity index (χ2n) is 5.43. The lowest BCUT2D eigenvalue weighted by molar-refractivity contribution is -0.0315. The van der Waals surface area contributed by atoms with E-state index >= 15 is 0 Å². The average molecular weight is 270 g/mol. The van der Waals surface area contributed by atoms with Gasteiger partial charge in [0.05, 0.1) is 10.4 Å². The summed E-state index contributed by atoms with van der Waals surface area (Å²) in [5, 5.41) is 9.40. The molecule has 0 radical (unpaired) electrons. The largest absolute Gasteiger partial charge is 0.389 e. The predicted octanol–water partition coefficient (Wildman–Crippen LogP) is 4.00. The van der Waals surface area contributed by atoms with Crippen molar-refractivity contribution in [2.45, 2.75) is 45.0 Å². The zero-order chi connectivity index (χ0) is 13.7. The van der Waals surface area contributed by atoms with Gasteiger partial charge < -0.3 is 5.73 Å². The molecule has 0 bridgehead atoms. The van der Waals surface area contributed by atoms with Crippen molar-refractivity contribution in [3.05, 3.63) is 16.0 Å². The zero-order valence-electron chi connectivity index (χ0n) is 10.7. The number of nitriles is 1. The highest BCUT2D eigenvalue weighted by molar-refractivity contribution is 7.16. The van der Waals surface area contributed by atoms with Gasteiger partial charge in [0.25, 0.3) is 5.92 Å². The van der Waals surface area contributed by atoms with Gasteiger partial charge in [0.15, 0.2) is 0 Å². The van der Waals surface area contributed by atoms with Gasteiger partial charge in [-0.1, -0.05) is 20.8 Å². The van der Waals surface area contributed by atoms with Gasteiger partial charge in [-0.15, -0.1) is 11.3 Å². The lowest BCUT2D eigenvalue weighted by Crippen LogP contribution is -2.37. The van der Waals surface area contributed by atoms with Crippen molar-refractivity contribution >= 4 is 16.3 Å². The van der Waals surface area contributed by atoms with E-state index in [0.29, 0.717) is 12.0 Å². The van der Waals surface area contributed by atoms with Crippen molar-refractivity contribution in [2.24, 2.45) is 5.92 Å². The molecule has 2 nitrogen and oxygen atoms in total. The number of halogens is 2. The zero-order valence-corrected chi connectivity index (χ0v) is 11.5. The minimum Gasteiger partial charge on any atom is -0.389 e. The first-order chi connectivity index (χ1) is 8.24. The van der Waals surface area contributed by atoms with Crippen LogP contribution in [0.15, 0.2) is 0 Å². The molecule has 2 rings (SSSR count). The number of thiophene rings is 1. The number of hydrogen-bond acceptors (Lipinski definition) is 3. The Labute approximate surface area is 109 Å². The minimum absolute atomic E-state index is 0.000926. The minimum atomic E-state index is -2.85. The lowest BCUT2D eigenvalue weighted by atomic mass is 9.65. The molecule has 1 aliphatic rings. The summed E-state index contributed by atoms with van der Waals surface area (Å²) in [4.78, 5) is -0.000926. The van der Waals surface area contributed by atoms with Crippen molar-refractivity contribution in [3.63, 3.8) is 0 Å². The summed E-state index contributed by atoms with van der Waals surface area (Å²) >= 11 is 0.873. The molecule has 0 saturated heterocycles. The van der Waals surface area contributed by atoms with Gasteiger partial charge in [0, 0.05) is 6.42 Å². The molecule has 5 heteroatoms. The van der Waals surface area contributed by atoms with Crippen molar-refractivity contribution in [1.82, 2.24) is 0 Å². The molecule has 0 aliphatic heterocycles. The van der Waals surface area contributed by atoms with Crippen molar-refractivity contribution in [1.29, 1.82) is 5.26 Å². The molecule has 0 fully saturated rings. The maximum Gasteiger partial charge on any atom is 0.282 e. The van der Waals surface area contributed by atoms with Gasteiger partial charge in [0.1, 0.15) is 11.1 Å². The molecule has 1 aromatic heterocycles. The maximum absolute atomic E-state index is 14.0. The summed E-state index contributed by atoms with van der Waals surface area (Å²) in [6, 6.07) is 2.00. The van der Waals surface area contributed by atoms with Crippen molar-refractivity contribution in [3.8, 4) is 6.07 Å². The van der Waals surface area contributed by atoms with Gasteiger partial charge in [-0.05, 0) is 23.3 Å². The standard InChI is InChI=1S/C13H16F2N2S/c1-7(2)12(3)4-5-13(14,15)10-9(12)8(6-16)11(17)18-10/h7H,4-5,17H2,1-3H3. The fourth-order valence-corrected chi connectivity index (χ4v) is 3.75. The van der Waals surface area contributed by atoms with E-state index < -0.39 is 11.3 Å². The van der Waals surface area contributed by atoms with E-state index in [1.54, 1.807) is 0 Å². The third kappa shape index (κ3) is 1.63. The molecular formula is C13H16F2N2S. The molecule has 0 spiro atoms. The van der Waals surface area contributed by atoms with Crippen LogP contribution in [0.25, 0.3) is 0 Å². The summed E-state index contributed by atoms with van der Waals surface area (Å²) in [6.07, 6.45) is 0.217. The fourth-order valence-electron chi connectivity index (χ4n) is 2.59. The molecule has 1 aliphatic carbocycles. The number of anilines is 1. The predicted molar refractivity (Wildman–Crippen MR) is 68.8 cm³/mol. The van der Waals surface area contributed by atoms with E-state index in [4.69, 9.17) is 5.73 Å². The highest BCUT2D eigenvalue weighted by atomic mass is 32.1. The number of hydrogen-bond donors (Lipinski definition) is 1. The lowest BCUT2D eigenvalue weighted by Gasteiger charge is -2.40. The van der Waals surface area contributed by atoms with Crippen LogP contribution in [0.1, 0.15) is 49.6 Å². The number of nitrogen functional groups attached to an aromatic ring is 1. The Kier molecular flexibility index (Phi) is 2.90. The van der Waals surface area contributed by atoms with Gasteiger partial charge in [-0.25, -0.2) is 8.78 Å². The van der Waals surface area contributed by atoms with E-state index in [9.17, 15) is 14.0 Å². The highest BCUT2D eigenvalue weighted by Crippen LogP contribution is 2.56. The molecular weight excluding hydrogens is 254 g/mol. The highest BCUT2D eigenvalue weighted by Gasteiger charge is 2.50. The Morgan fingerprint density at radius 2 is 2.00 bits per heavy atom. The number of nitrogens with zero attached hydrogens (tertiary/aromatic N) is 1. The Balaban J connectivity index is 2.77. The quantitative estimate of drug-likeness (QED) is 0.838. The molecule has 0 aromatic carbocycles. The van der Waals surface area contributed by atoms with Crippen molar-refractivity contribution in [2.75, 3.05) is 5.73 Å². The van der Waals surface area contributed by atoms with E-state index in [-0.39, 0.29) is 27.8 Å². The molecule has 2 N–H and O–H groups in total. The second kappa shape index (κ2) is 3.92. The van der Waals surface area contributed by atoms with Crippen LogP contribution >= 0.6 is 11.3 Å². The first kappa shape index (κ1) is 13.3. The average Bonchev–Trinajstić information content (AvgIpc) is 2.63. The van der Waals surface area contributed by atoms with E-state index in [0.717, 1.165) is 11.3 Å².